The smallest absolute Gasteiger partial charge is 0.274 e. The van der Waals surface area contributed by atoms with E-state index in [0.29, 0.717) is 17.3 Å². The first-order valence-corrected chi connectivity index (χ1v) is 13.3. The van der Waals surface area contributed by atoms with Crippen LogP contribution < -0.4 is 5.32 Å². The van der Waals surface area contributed by atoms with Crippen LogP contribution in [-0.2, 0) is 6.54 Å². The molecule has 1 amide bonds. The van der Waals surface area contributed by atoms with Crippen molar-refractivity contribution in [2.75, 3.05) is 38.0 Å². The van der Waals surface area contributed by atoms with Gasteiger partial charge in [-0.2, -0.15) is 5.10 Å². The highest BCUT2D eigenvalue weighted by Gasteiger charge is 2.19. The maximum atomic E-state index is 13.4. The number of hydrogen-bond donors (Lipinski definition) is 3. The van der Waals surface area contributed by atoms with Gasteiger partial charge in [0.2, 0.25) is 0 Å². The first-order chi connectivity index (χ1) is 18.5. The molecular weight excluding hydrogens is 474 g/mol. The number of nitrogens with one attached hydrogen (secondary N) is 3. The van der Waals surface area contributed by atoms with Crippen molar-refractivity contribution in [3.63, 3.8) is 0 Å². The van der Waals surface area contributed by atoms with Crippen LogP contribution in [0.15, 0.2) is 67.0 Å². The summed E-state index contributed by atoms with van der Waals surface area (Å²) in [4.78, 5) is 26.3. The summed E-state index contributed by atoms with van der Waals surface area (Å²) in [5.41, 5.74) is 6.05. The monoisotopic (exact) mass is 507 g/mol. The number of fused-ring (bicyclic) bond motifs is 2. The summed E-state index contributed by atoms with van der Waals surface area (Å²) in [6.07, 6.45) is 3.68. The summed E-state index contributed by atoms with van der Waals surface area (Å²) >= 11 is 0. The maximum absolute atomic E-state index is 13.4. The Labute approximate surface area is 222 Å². The highest BCUT2D eigenvalue weighted by Crippen LogP contribution is 2.34. The minimum Gasteiger partial charge on any atom is -0.361 e. The fraction of sp³-hybridized carbons (Fsp3) is 0.300. The zero-order valence-electron chi connectivity index (χ0n) is 21.9. The molecule has 3 N–H and O–H groups in total. The van der Waals surface area contributed by atoms with Gasteiger partial charge in [0, 0.05) is 61.8 Å². The van der Waals surface area contributed by atoms with Crippen LogP contribution >= 0.6 is 0 Å². The molecule has 8 heteroatoms. The first-order valence-electron chi connectivity index (χ1n) is 13.3. The molecule has 0 atom stereocenters. The minimum absolute atomic E-state index is 0.229. The molecule has 0 bridgehead atoms. The largest absolute Gasteiger partial charge is 0.361 e. The molecule has 6 rings (SSSR count). The second-order valence-electron chi connectivity index (χ2n) is 10.5. The summed E-state index contributed by atoms with van der Waals surface area (Å²) in [6.45, 7) is 10.6. The molecular formula is C30H33N7O. The lowest BCUT2D eigenvalue weighted by Crippen LogP contribution is -2.47. The number of amides is 1. The number of nitrogens with zero attached hydrogens (tertiary/aromatic N) is 4. The van der Waals surface area contributed by atoms with Crippen molar-refractivity contribution in [3.05, 3.63) is 78.4 Å². The average molecular weight is 508 g/mol. The number of benzene rings is 2. The van der Waals surface area contributed by atoms with Crippen molar-refractivity contribution in [1.29, 1.82) is 0 Å². The molecule has 1 aliphatic rings. The van der Waals surface area contributed by atoms with E-state index in [1.807, 2.05) is 30.5 Å². The molecule has 5 aromatic rings. The highest BCUT2D eigenvalue weighted by atomic mass is 16.1. The standard InChI is InChI=1S/C30H33N7O/c1-20(2)18-36-11-13-37(14-12-36)19-22-5-3-8-27(33-22)30(38)34-28-15-21(16-29-25(28)17-32-35-29)23-6-4-7-26-24(23)9-10-31-26/h3-10,15-17,20,31H,11-14,18-19H2,1-2H3,(H,32,35)(H,34,38). The van der Waals surface area contributed by atoms with E-state index in [9.17, 15) is 4.79 Å². The van der Waals surface area contributed by atoms with E-state index in [2.05, 4.69) is 68.4 Å². The van der Waals surface area contributed by atoms with Gasteiger partial charge in [-0.3, -0.25) is 14.8 Å². The summed E-state index contributed by atoms with van der Waals surface area (Å²) in [5.74, 6) is 0.456. The van der Waals surface area contributed by atoms with E-state index in [0.717, 1.165) is 77.9 Å². The van der Waals surface area contributed by atoms with E-state index in [4.69, 9.17) is 4.98 Å². The van der Waals surface area contributed by atoms with E-state index in [-0.39, 0.29) is 5.91 Å². The Hall–Kier alpha value is -4.01. The SMILES string of the molecule is CC(C)CN1CCN(Cc2cccc(C(=O)Nc3cc(-c4cccc5[nH]ccc45)cc4[nH]ncc34)n2)CC1. The predicted octanol–water partition coefficient (Wildman–Crippen LogP) is 5.13. The first kappa shape index (κ1) is 24.3. The van der Waals surface area contributed by atoms with Crippen molar-refractivity contribution in [2.24, 2.45) is 5.92 Å². The van der Waals surface area contributed by atoms with Crippen molar-refractivity contribution < 1.29 is 4.79 Å². The van der Waals surface area contributed by atoms with Gasteiger partial charge in [-0.1, -0.05) is 32.0 Å². The van der Waals surface area contributed by atoms with Crippen LogP contribution in [0.5, 0.6) is 0 Å². The Morgan fingerprint density at radius 3 is 2.63 bits per heavy atom. The van der Waals surface area contributed by atoms with Crippen LogP contribution in [0, 0.1) is 5.92 Å². The molecule has 0 saturated carbocycles. The number of carbonyl (C=O) groups excluding carboxylic acids is 1. The van der Waals surface area contributed by atoms with Crippen LogP contribution in [0.1, 0.15) is 30.0 Å². The number of anilines is 1. The molecule has 0 aliphatic carbocycles. The fourth-order valence-electron chi connectivity index (χ4n) is 5.40. The van der Waals surface area contributed by atoms with Crippen LogP contribution in [0.3, 0.4) is 0 Å². The summed E-state index contributed by atoms with van der Waals surface area (Å²) < 4.78 is 0. The lowest BCUT2D eigenvalue weighted by molar-refractivity contribution is 0.102. The Bertz CT molecular complexity index is 1580. The number of H-pyrrole nitrogens is 2. The number of piperazine rings is 1. The van der Waals surface area contributed by atoms with Gasteiger partial charge in [-0.25, -0.2) is 4.98 Å². The Morgan fingerprint density at radius 2 is 1.79 bits per heavy atom. The number of aromatic amines is 2. The molecule has 0 spiro atoms. The van der Waals surface area contributed by atoms with Crippen LogP contribution in [0.4, 0.5) is 5.69 Å². The topological polar surface area (TPSA) is 92.9 Å². The lowest BCUT2D eigenvalue weighted by Gasteiger charge is -2.35. The van der Waals surface area contributed by atoms with Crippen LogP contribution in [0.25, 0.3) is 32.9 Å². The van der Waals surface area contributed by atoms with Crippen LogP contribution in [-0.4, -0.2) is 68.6 Å². The van der Waals surface area contributed by atoms with Gasteiger partial charge >= 0.3 is 0 Å². The summed E-state index contributed by atoms with van der Waals surface area (Å²) in [7, 11) is 0. The van der Waals surface area contributed by atoms with Crippen molar-refractivity contribution in [2.45, 2.75) is 20.4 Å². The van der Waals surface area contributed by atoms with Gasteiger partial charge in [0.05, 0.1) is 23.1 Å². The number of pyridine rings is 1. The quantitative estimate of drug-likeness (QED) is 0.284. The number of rotatable bonds is 7. The Kier molecular flexibility index (Phi) is 6.66. The molecule has 2 aromatic carbocycles. The fourth-order valence-corrected chi connectivity index (χ4v) is 5.40. The van der Waals surface area contributed by atoms with Gasteiger partial charge in [0.15, 0.2) is 0 Å². The number of aromatic nitrogens is 4. The molecule has 1 aliphatic heterocycles. The zero-order chi connectivity index (χ0) is 26.1. The maximum Gasteiger partial charge on any atom is 0.274 e. The molecule has 8 nitrogen and oxygen atoms in total. The van der Waals surface area contributed by atoms with E-state index >= 15 is 0 Å². The van der Waals surface area contributed by atoms with Crippen molar-refractivity contribution >= 4 is 33.4 Å². The Balaban J connectivity index is 1.21. The van der Waals surface area contributed by atoms with E-state index < -0.39 is 0 Å². The third-order valence-electron chi connectivity index (χ3n) is 7.23. The lowest BCUT2D eigenvalue weighted by atomic mass is 9.99. The molecule has 1 fully saturated rings. The van der Waals surface area contributed by atoms with Crippen LogP contribution in [0.2, 0.25) is 0 Å². The van der Waals surface area contributed by atoms with E-state index in [1.165, 1.54) is 0 Å². The minimum atomic E-state index is -0.229. The average Bonchev–Trinajstić information content (AvgIpc) is 3.59. The van der Waals surface area contributed by atoms with Gasteiger partial charge in [0.1, 0.15) is 5.69 Å². The zero-order valence-corrected chi connectivity index (χ0v) is 21.9. The predicted molar refractivity (Wildman–Crippen MR) is 152 cm³/mol. The summed E-state index contributed by atoms with van der Waals surface area (Å²) in [6, 6.07) is 18.0. The second kappa shape index (κ2) is 10.4. The molecule has 0 unspecified atom stereocenters. The molecule has 38 heavy (non-hydrogen) atoms. The highest BCUT2D eigenvalue weighted by molar-refractivity contribution is 6.09. The normalized spacial score (nSPS) is 15.0. The second-order valence-corrected chi connectivity index (χ2v) is 10.5. The molecule has 3 aromatic heterocycles. The number of carbonyl (C=O) groups is 1. The third kappa shape index (κ3) is 5.05. The third-order valence-corrected chi connectivity index (χ3v) is 7.23. The summed E-state index contributed by atoms with van der Waals surface area (Å²) in [5, 5.41) is 12.4. The molecule has 194 valence electrons. The number of hydrogen-bond acceptors (Lipinski definition) is 5. The Morgan fingerprint density at radius 1 is 0.974 bits per heavy atom. The van der Waals surface area contributed by atoms with Crippen molar-refractivity contribution in [1.82, 2.24) is 30.0 Å². The van der Waals surface area contributed by atoms with E-state index in [1.54, 1.807) is 12.3 Å². The molecule has 0 radical (unpaired) electrons. The van der Waals surface area contributed by atoms with Gasteiger partial charge in [0.25, 0.3) is 5.91 Å². The molecule has 4 heterocycles. The van der Waals surface area contributed by atoms with Gasteiger partial charge in [-0.15, -0.1) is 0 Å². The molecule has 1 saturated heterocycles. The van der Waals surface area contributed by atoms with Gasteiger partial charge in [-0.05, 0) is 53.4 Å². The van der Waals surface area contributed by atoms with Crippen molar-refractivity contribution in [3.8, 4) is 11.1 Å². The van der Waals surface area contributed by atoms with Gasteiger partial charge < -0.3 is 15.2 Å².